The molecule has 0 aliphatic heterocycles. The molecule has 3 aromatic rings. The molecule has 0 aliphatic carbocycles. The number of carboxylic acids is 1. The van der Waals surface area contributed by atoms with Crippen molar-refractivity contribution in [2.45, 2.75) is 65.7 Å². The lowest BCUT2D eigenvalue weighted by Crippen LogP contribution is -2.46. The van der Waals surface area contributed by atoms with Crippen LogP contribution in [0.3, 0.4) is 0 Å². The number of aryl methyl sites for hydroxylation is 1. The summed E-state index contributed by atoms with van der Waals surface area (Å²) < 4.78 is 20.0. The number of carbonyl (C=O) groups is 1. The van der Waals surface area contributed by atoms with E-state index < -0.39 is 12.1 Å². The number of aliphatic hydroxyl groups excluding tert-OH is 1. The van der Waals surface area contributed by atoms with E-state index in [-0.39, 0.29) is 24.1 Å². The minimum atomic E-state index is -0.936. The Bertz CT molecular complexity index is 1250. The third-order valence-electron chi connectivity index (χ3n) is 6.94. The van der Waals surface area contributed by atoms with Gasteiger partial charge in [0, 0.05) is 12.1 Å². The van der Waals surface area contributed by atoms with E-state index in [1.54, 1.807) is 25.1 Å². The first-order valence-electron chi connectivity index (χ1n) is 12.6. The van der Waals surface area contributed by atoms with Crippen LogP contribution in [0.5, 0.6) is 0 Å². The normalized spacial score (nSPS) is 13.4. The number of aromatic carboxylic acids is 1. The summed E-state index contributed by atoms with van der Waals surface area (Å²) in [6, 6.07) is 16.7. The number of halogens is 1. The van der Waals surface area contributed by atoms with Gasteiger partial charge < -0.3 is 20.3 Å². The summed E-state index contributed by atoms with van der Waals surface area (Å²) >= 11 is 0. The highest BCUT2D eigenvalue weighted by Crippen LogP contribution is 2.34. The van der Waals surface area contributed by atoms with E-state index in [9.17, 15) is 19.4 Å². The second-order valence-electron chi connectivity index (χ2n) is 10.5. The van der Waals surface area contributed by atoms with Gasteiger partial charge in [-0.25, -0.2) is 9.18 Å². The molecule has 0 aromatic heterocycles. The van der Waals surface area contributed by atoms with E-state index in [0.29, 0.717) is 24.1 Å². The van der Waals surface area contributed by atoms with Crippen LogP contribution in [0.1, 0.15) is 65.1 Å². The molecule has 3 N–H and O–H groups in total. The average Bonchev–Trinajstić information content (AvgIpc) is 2.85. The highest BCUT2D eigenvalue weighted by molar-refractivity contribution is 5.91. The van der Waals surface area contributed by atoms with Crippen LogP contribution in [-0.4, -0.2) is 41.0 Å². The van der Waals surface area contributed by atoms with Gasteiger partial charge in [-0.2, -0.15) is 0 Å². The number of rotatable bonds is 11. The summed E-state index contributed by atoms with van der Waals surface area (Å²) in [5, 5.41) is 23.4. The van der Waals surface area contributed by atoms with Crippen LogP contribution in [0.15, 0.2) is 54.6 Å². The molecule has 0 radical (unpaired) electrons. The van der Waals surface area contributed by atoms with Crippen molar-refractivity contribution in [1.29, 1.82) is 0 Å². The van der Waals surface area contributed by atoms with Crippen molar-refractivity contribution in [3.63, 3.8) is 0 Å². The summed E-state index contributed by atoms with van der Waals surface area (Å²) in [5.74, 6) is -1.15. The summed E-state index contributed by atoms with van der Waals surface area (Å²) in [6.07, 6.45) is -0.378. The Hall–Kier alpha value is -3.06. The Morgan fingerprint density at radius 1 is 1.03 bits per heavy atom. The van der Waals surface area contributed by atoms with Crippen LogP contribution >= 0.6 is 0 Å². The number of hydrogen-bond acceptors (Lipinski definition) is 4. The smallest absolute Gasteiger partial charge is 0.335 e. The van der Waals surface area contributed by atoms with Crippen molar-refractivity contribution in [2.75, 3.05) is 13.2 Å². The molecule has 0 fully saturated rings. The number of aliphatic hydroxyl groups is 1. The maximum atomic E-state index is 13.9. The molecule has 0 saturated heterocycles. The monoisotopic (exact) mass is 507 g/mol. The fraction of sp³-hybridized carbons (Fsp3) is 0.387. The zero-order chi connectivity index (χ0) is 27.3. The van der Waals surface area contributed by atoms with Crippen molar-refractivity contribution in [3.05, 3.63) is 93.8 Å². The number of ether oxygens (including phenoxy) is 1. The molecule has 0 heterocycles. The van der Waals surface area contributed by atoms with E-state index in [2.05, 4.69) is 5.32 Å². The average molecular weight is 508 g/mol. The second kappa shape index (κ2) is 12.0. The molecular weight excluding hydrogens is 469 g/mol. The SMILES string of the molecule is Cc1ccc(CC(C)(C)NC[C@H](O)COC(C)c2ccccc2-c2ccc(C(=O)O)c(C)c2C)cc1F. The zero-order valence-corrected chi connectivity index (χ0v) is 22.6. The van der Waals surface area contributed by atoms with Gasteiger partial charge in [0.05, 0.1) is 24.4 Å². The fourth-order valence-electron chi connectivity index (χ4n) is 4.56. The summed E-state index contributed by atoms with van der Waals surface area (Å²) in [5.41, 5.74) is 6.06. The second-order valence-corrected chi connectivity index (χ2v) is 10.5. The minimum absolute atomic E-state index is 0.147. The lowest BCUT2D eigenvalue weighted by molar-refractivity contribution is -0.00397. The number of carboxylic acid groups (broad SMARTS) is 1. The summed E-state index contributed by atoms with van der Waals surface area (Å²) in [7, 11) is 0. The van der Waals surface area contributed by atoms with Crippen molar-refractivity contribution in [1.82, 2.24) is 5.32 Å². The molecule has 0 bridgehead atoms. The van der Waals surface area contributed by atoms with Gasteiger partial charge in [0.2, 0.25) is 0 Å². The van der Waals surface area contributed by atoms with Crippen molar-refractivity contribution >= 4 is 5.97 Å². The van der Waals surface area contributed by atoms with Crippen LogP contribution in [0.25, 0.3) is 11.1 Å². The van der Waals surface area contributed by atoms with Gasteiger partial charge in [-0.15, -0.1) is 0 Å². The van der Waals surface area contributed by atoms with Crippen molar-refractivity contribution < 1.29 is 24.1 Å². The van der Waals surface area contributed by atoms with E-state index >= 15 is 0 Å². The predicted molar refractivity (Wildman–Crippen MR) is 146 cm³/mol. The molecule has 0 saturated carbocycles. The molecule has 3 aromatic carbocycles. The first-order valence-corrected chi connectivity index (χ1v) is 12.6. The quantitative estimate of drug-likeness (QED) is 0.289. The van der Waals surface area contributed by atoms with Gasteiger partial charge in [-0.3, -0.25) is 0 Å². The molecule has 0 amide bonds. The van der Waals surface area contributed by atoms with Crippen LogP contribution in [-0.2, 0) is 11.2 Å². The first-order chi connectivity index (χ1) is 17.4. The lowest BCUT2D eigenvalue weighted by Gasteiger charge is -2.28. The van der Waals surface area contributed by atoms with Crippen LogP contribution in [0.2, 0.25) is 0 Å². The minimum Gasteiger partial charge on any atom is -0.478 e. The molecule has 0 spiro atoms. The number of benzene rings is 3. The Kier molecular flexibility index (Phi) is 9.24. The predicted octanol–water partition coefficient (Wildman–Crippen LogP) is 6.17. The third kappa shape index (κ3) is 7.25. The maximum Gasteiger partial charge on any atom is 0.335 e. The highest BCUT2D eigenvalue weighted by Gasteiger charge is 2.21. The van der Waals surface area contributed by atoms with Crippen molar-refractivity contribution in [3.8, 4) is 11.1 Å². The van der Waals surface area contributed by atoms with Crippen molar-refractivity contribution in [2.24, 2.45) is 0 Å². The molecule has 6 heteroatoms. The van der Waals surface area contributed by atoms with E-state index in [1.807, 2.05) is 71.0 Å². The Balaban J connectivity index is 1.63. The molecule has 37 heavy (non-hydrogen) atoms. The molecule has 2 atom stereocenters. The summed E-state index contributed by atoms with van der Waals surface area (Å²) in [6.45, 7) is 12.0. The van der Waals surface area contributed by atoms with Gasteiger partial charge in [-0.1, -0.05) is 42.5 Å². The fourth-order valence-corrected chi connectivity index (χ4v) is 4.56. The van der Waals surface area contributed by atoms with E-state index in [4.69, 9.17) is 4.74 Å². The largest absolute Gasteiger partial charge is 0.478 e. The lowest BCUT2D eigenvalue weighted by atomic mass is 9.90. The molecule has 3 rings (SSSR count). The van der Waals surface area contributed by atoms with E-state index in [1.165, 1.54) is 0 Å². The van der Waals surface area contributed by atoms with Gasteiger partial charge in [0.15, 0.2) is 0 Å². The molecule has 5 nitrogen and oxygen atoms in total. The van der Waals surface area contributed by atoms with Gasteiger partial charge in [0.1, 0.15) is 5.82 Å². The zero-order valence-electron chi connectivity index (χ0n) is 22.6. The van der Waals surface area contributed by atoms with Crippen LogP contribution < -0.4 is 5.32 Å². The molecule has 1 unspecified atom stereocenters. The standard InChI is InChI=1S/C31H38FNO4/c1-19-11-12-23(15-29(19)32)16-31(5,6)33-17-24(34)18-37-22(4)27-9-7-8-10-28(27)25-13-14-26(30(35)36)21(3)20(25)2/h7-15,22,24,33-34H,16-18H2,1-6H3,(H,35,36)/t22?,24-/m0/s1. The Labute approximate surface area is 219 Å². The Morgan fingerprint density at radius 3 is 2.41 bits per heavy atom. The molecular formula is C31H38FNO4. The van der Waals surface area contributed by atoms with Crippen LogP contribution in [0.4, 0.5) is 4.39 Å². The number of nitrogens with one attached hydrogen (secondary N) is 1. The van der Waals surface area contributed by atoms with Gasteiger partial charge >= 0.3 is 5.97 Å². The highest BCUT2D eigenvalue weighted by atomic mass is 19.1. The number of hydrogen-bond donors (Lipinski definition) is 3. The maximum absolute atomic E-state index is 13.9. The van der Waals surface area contributed by atoms with Gasteiger partial charge in [-0.05, 0) is 99.0 Å². The van der Waals surface area contributed by atoms with Crippen LogP contribution in [0, 0.1) is 26.6 Å². The molecule has 198 valence electrons. The Morgan fingerprint density at radius 2 is 1.73 bits per heavy atom. The topological polar surface area (TPSA) is 78.8 Å². The number of β-amino-alcohol motifs (C(OH)–C–C–N with tert-alkyl or cyclic N) is 1. The van der Waals surface area contributed by atoms with Gasteiger partial charge in [0.25, 0.3) is 0 Å². The van der Waals surface area contributed by atoms with E-state index in [0.717, 1.165) is 33.4 Å². The third-order valence-corrected chi connectivity index (χ3v) is 6.94. The molecule has 0 aliphatic rings. The first kappa shape index (κ1) is 28.5. The summed E-state index contributed by atoms with van der Waals surface area (Å²) in [4.78, 5) is 11.5.